The van der Waals surface area contributed by atoms with Crippen molar-refractivity contribution >= 4 is 11.7 Å². The Morgan fingerprint density at radius 2 is 1.71 bits per heavy atom. The maximum Gasteiger partial charge on any atom is 0.225 e. The average Bonchev–Trinajstić information content (AvgIpc) is 2.61. The Kier molecular flexibility index (Phi) is 5.12. The van der Waals surface area contributed by atoms with Crippen molar-refractivity contribution < 1.29 is 4.79 Å². The molecule has 1 saturated heterocycles. The Morgan fingerprint density at radius 3 is 2.25 bits per heavy atom. The molecule has 0 atom stereocenters. The van der Waals surface area contributed by atoms with Gasteiger partial charge in [0.05, 0.1) is 0 Å². The van der Waals surface area contributed by atoms with Gasteiger partial charge in [-0.15, -0.1) is 0 Å². The van der Waals surface area contributed by atoms with E-state index in [0.29, 0.717) is 11.3 Å². The first-order valence-electron chi connectivity index (χ1n) is 9.40. The number of nitrogens with zero attached hydrogens (tertiary/aromatic N) is 3. The van der Waals surface area contributed by atoms with Gasteiger partial charge in [-0.1, -0.05) is 26.8 Å². The zero-order chi connectivity index (χ0) is 17.2. The maximum absolute atomic E-state index is 12.8. The summed E-state index contributed by atoms with van der Waals surface area (Å²) in [4.78, 5) is 21.6. The molecule has 0 bridgehead atoms. The lowest BCUT2D eigenvalue weighted by Crippen LogP contribution is -2.51. The van der Waals surface area contributed by atoms with Crippen LogP contribution in [0.2, 0.25) is 0 Å². The zero-order valence-electron chi connectivity index (χ0n) is 15.4. The van der Waals surface area contributed by atoms with Crippen LogP contribution in [0.5, 0.6) is 0 Å². The second-order valence-corrected chi connectivity index (χ2v) is 8.41. The maximum atomic E-state index is 12.8. The van der Waals surface area contributed by atoms with E-state index in [9.17, 15) is 4.79 Å². The molecular formula is C20H31N3O. The van der Waals surface area contributed by atoms with E-state index < -0.39 is 0 Å². The predicted octanol–water partition coefficient (Wildman–Crippen LogP) is 3.58. The van der Waals surface area contributed by atoms with E-state index in [4.69, 9.17) is 0 Å². The van der Waals surface area contributed by atoms with Gasteiger partial charge in [0.1, 0.15) is 5.82 Å². The van der Waals surface area contributed by atoms with E-state index in [2.05, 4.69) is 35.6 Å². The molecule has 1 aliphatic carbocycles. The molecule has 1 saturated carbocycles. The van der Waals surface area contributed by atoms with Crippen LogP contribution in [0.3, 0.4) is 0 Å². The van der Waals surface area contributed by atoms with E-state index >= 15 is 0 Å². The Bertz CT molecular complexity index is 536. The van der Waals surface area contributed by atoms with Crippen molar-refractivity contribution in [3.05, 3.63) is 24.4 Å². The first-order valence-corrected chi connectivity index (χ1v) is 9.40. The molecule has 2 fully saturated rings. The Morgan fingerprint density at radius 1 is 1.04 bits per heavy atom. The van der Waals surface area contributed by atoms with Gasteiger partial charge in [-0.3, -0.25) is 4.79 Å². The van der Waals surface area contributed by atoms with Crippen LogP contribution < -0.4 is 4.90 Å². The number of anilines is 1. The lowest BCUT2D eigenvalue weighted by molar-refractivity contribution is -0.137. The number of hydrogen-bond donors (Lipinski definition) is 0. The third kappa shape index (κ3) is 3.90. The molecule has 1 amide bonds. The first-order chi connectivity index (χ1) is 11.4. The van der Waals surface area contributed by atoms with E-state index in [1.165, 1.54) is 12.8 Å². The van der Waals surface area contributed by atoms with Crippen molar-refractivity contribution in [1.29, 1.82) is 0 Å². The second-order valence-electron chi connectivity index (χ2n) is 8.41. The highest BCUT2D eigenvalue weighted by Gasteiger charge is 2.34. The highest BCUT2D eigenvalue weighted by molar-refractivity contribution is 5.79. The van der Waals surface area contributed by atoms with Gasteiger partial charge in [0, 0.05) is 38.3 Å². The fraction of sp³-hybridized carbons (Fsp3) is 0.700. The Hall–Kier alpha value is -1.58. The normalized spacial score (nSPS) is 25.6. The molecule has 0 aromatic carbocycles. The summed E-state index contributed by atoms with van der Waals surface area (Å²) >= 11 is 0. The minimum absolute atomic E-state index is 0.255. The lowest BCUT2D eigenvalue weighted by Gasteiger charge is -2.40. The minimum atomic E-state index is 0.255. The highest BCUT2D eigenvalue weighted by Crippen LogP contribution is 2.40. The average molecular weight is 329 g/mol. The Balaban J connectivity index is 1.49. The van der Waals surface area contributed by atoms with Crippen LogP contribution in [-0.4, -0.2) is 42.0 Å². The zero-order valence-corrected chi connectivity index (χ0v) is 15.4. The van der Waals surface area contributed by atoms with Crippen molar-refractivity contribution in [2.45, 2.75) is 46.5 Å². The highest BCUT2D eigenvalue weighted by atomic mass is 16.2. The van der Waals surface area contributed by atoms with Crippen LogP contribution in [0.25, 0.3) is 0 Å². The third-order valence-corrected chi connectivity index (χ3v) is 5.87. The van der Waals surface area contributed by atoms with Crippen molar-refractivity contribution in [3.8, 4) is 0 Å². The van der Waals surface area contributed by atoms with Crippen LogP contribution in [0.4, 0.5) is 5.82 Å². The fourth-order valence-corrected chi connectivity index (χ4v) is 4.16. The number of rotatable bonds is 2. The van der Waals surface area contributed by atoms with Crippen LogP contribution in [0, 0.1) is 17.3 Å². The van der Waals surface area contributed by atoms with Crippen LogP contribution in [0.15, 0.2) is 24.4 Å². The standard InChI is InChI=1S/C20H31N3O/c1-20(2,3)17-9-7-16(8-10-17)19(24)23-14-12-22(13-15-23)18-6-4-5-11-21-18/h4-6,11,16-17H,7-10,12-15H2,1-3H3. The predicted molar refractivity (Wildman–Crippen MR) is 97.9 cm³/mol. The molecule has 1 aromatic rings. The molecule has 24 heavy (non-hydrogen) atoms. The van der Waals surface area contributed by atoms with Gasteiger partial charge in [0.2, 0.25) is 5.91 Å². The molecule has 0 N–H and O–H groups in total. The van der Waals surface area contributed by atoms with E-state index in [1.54, 1.807) is 0 Å². The van der Waals surface area contributed by atoms with Gasteiger partial charge in [-0.25, -0.2) is 4.98 Å². The van der Waals surface area contributed by atoms with Crippen LogP contribution in [0.1, 0.15) is 46.5 Å². The second kappa shape index (κ2) is 7.12. The summed E-state index contributed by atoms with van der Waals surface area (Å²) in [6.07, 6.45) is 6.38. The quantitative estimate of drug-likeness (QED) is 0.832. The van der Waals surface area contributed by atoms with Crippen molar-refractivity contribution in [3.63, 3.8) is 0 Å². The molecule has 132 valence electrons. The van der Waals surface area contributed by atoms with Crippen LogP contribution in [-0.2, 0) is 4.79 Å². The number of hydrogen-bond acceptors (Lipinski definition) is 3. The molecule has 2 heterocycles. The summed E-state index contributed by atoms with van der Waals surface area (Å²) in [7, 11) is 0. The largest absolute Gasteiger partial charge is 0.353 e. The van der Waals surface area contributed by atoms with Gasteiger partial charge >= 0.3 is 0 Å². The summed E-state index contributed by atoms with van der Waals surface area (Å²) < 4.78 is 0. The monoisotopic (exact) mass is 329 g/mol. The third-order valence-electron chi connectivity index (χ3n) is 5.87. The SMILES string of the molecule is CC(C)(C)C1CCC(C(=O)N2CCN(c3ccccn3)CC2)CC1. The molecule has 1 aliphatic heterocycles. The molecular weight excluding hydrogens is 298 g/mol. The van der Waals surface area contributed by atoms with Crippen molar-refractivity contribution in [2.24, 2.45) is 17.3 Å². The molecule has 0 spiro atoms. The summed E-state index contributed by atoms with van der Waals surface area (Å²) in [6, 6.07) is 6.01. The number of carbonyl (C=O) groups is 1. The molecule has 0 radical (unpaired) electrons. The fourth-order valence-electron chi connectivity index (χ4n) is 4.16. The number of aromatic nitrogens is 1. The van der Waals surface area contributed by atoms with Gasteiger partial charge in [-0.05, 0) is 49.1 Å². The van der Waals surface area contributed by atoms with Crippen molar-refractivity contribution in [1.82, 2.24) is 9.88 Å². The number of carbonyl (C=O) groups excluding carboxylic acids is 1. The summed E-state index contributed by atoms with van der Waals surface area (Å²) in [5.41, 5.74) is 0.377. The van der Waals surface area contributed by atoms with Gasteiger partial charge in [0.25, 0.3) is 0 Å². The van der Waals surface area contributed by atoms with Gasteiger partial charge < -0.3 is 9.80 Å². The van der Waals surface area contributed by atoms with Crippen LogP contribution >= 0.6 is 0 Å². The topological polar surface area (TPSA) is 36.4 Å². The smallest absolute Gasteiger partial charge is 0.225 e. The molecule has 2 aliphatic rings. The first kappa shape index (κ1) is 17.2. The summed E-state index contributed by atoms with van der Waals surface area (Å²) in [5, 5.41) is 0. The van der Waals surface area contributed by atoms with E-state index in [1.807, 2.05) is 24.4 Å². The molecule has 0 unspecified atom stereocenters. The lowest BCUT2D eigenvalue weighted by atomic mass is 9.69. The number of piperazine rings is 1. The number of pyridine rings is 1. The Labute approximate surface area is 146 Å². The summed E-state index contributed by atoms with van der Waals surface area (Å²) in [5.74, 6) is 2.44. The van der Waals surface area contributed by atoms with Crippen molar-refractivity contribution in [2.75, 3.05) is 31.1 Å². The summed E-state index contributed by atoms with van der Waals surface area (Å²) in [6.45, 7) is 10.4. The van der Waals surface area contributed by atoms with Gasteiger partial charge in [-0.2, -0.15) is 0 Å². The molecule has 1 aromatic heterocycles. The number of amides is 1. The van der Waals surface area contributed by atoms with Gasteiger partial charge in [0.15, 0.2) is 0 Å². The van der Waals surface area contributed by atoms with E-state index in [0.717, 1.165) is 50.8 Å². The molecule has 4 heteroatoms. The molecule has 3 rings (SSSR count). The molecule has 4 nitrogen and oxygen atoms in total. The minimum Gasteiger partial charge on any atom is -0.353 e. The van der Waals surface area contributed by atoms with E-state index in [-0.39, 0.29) is 5.92 Å².